The van der Waals surface area contributed by atoms with Gasteiger partial charge in [-0.1, -0.05) is 12.1 Å². The molecule has 1 heterocycles. The molecule has 0 fully saturated rings. The minimum atomic E-state index is -1.01. The highest BCUT2D eigenvalue weighted by atomic mass is 16.5. The van der Waals surface area contributed by atoms with Crippen LogP contribution < -0.4 is 0 Å². The zero-order chi connectivity index (χ0) is 14.5. The summed E-state index contributed by atoms with van der Waals surface area (Å²) in [6.45, 7) is 2.08. The predicted octanol–water partition coefficient (Wildman–Crippen LogP) is 2.62. The second-order valence-electron chi connectivity index (χ2n) is 4.04. The number of hydrogen-bond donors (Lipinski definition) is 1. The van der Waals surface area contributed by atoms with E-state index in [-0.39, 0.29) is 11.5 Å². The Morgan fingerprint density at radius 3 is 2.25 bits per heavy atom. The van der Waals surface area contributed by atoms with Crippen molar-refractivity contribution in [1.29, 1.82) is 0 Å². The van der Waals surface area contributed by atoms with Crippen molar-refractivity contribution in [3.63, 3.8) is 0 Å². The van der Waals surface area contributed by atoms with Crippen LogP contribution in [0.2, 0.25) is 0 Å². The molecule has 2 aromatic rings. The van der Waals surface area contributed by atoms with Crippen LogP contribution >= 0.6 is 0 Å². The number of rotatable bonds is 4. The van der Waals surface area contributed by atoms with Gasteiger partial charge in [0, 0.05) is 11.8 Å². The topological polar surface area (TPSA) is 76.5 Å². The average molecular weight is 271 g/mol. The Hall–Kier alpha value is -2.69. The van der Waals surface area contributed by atoms with E-state index in [1.807, 2.05) is 0 Å². The Balaban J connectivity index is 2.21. The molecule has 2 rings (SSSR count). The van der Waals surface area contributed by atoms with Gasteiger partial charge in [-0.2, -0.15) is 0 Å². The largest absolute Gasteiger partial charge is 0.478 e. The molecule has 1 N–H and O–H groups in total. The Kier molecular flexibility index (Phi) is 4.10. The van der Waals surface area contributed by atoms with E-state index in [0.717, 1.165) is 5.56 Å². The van der Waals surface area contributed by atoms with Gasteiger partial charge >= 0.3 is 11.9 Å². The molecule has 5 heteroatoms. The van der Waals surface area contributed by atoms with Crippen molar-refractivity contribution in [3.8, 4) is 11.3 Å². The monoisotopic (exact) mass is 271 g/mol. The van der Waals surface area contributed by atoms with Crippen LogP contribution in [0.25, 0.3) is 11.3 Å². The molecule has 0 unspecified atom stereocenters. The van der Waals surface area contributed by atoms with Crippen molar-refractivity contribution in [2.75, 3.05) is 6.61 Å². The number of benzene rings is 1. The summed E-state index contributed by atoms with van der Waals surface area (Å²) in [6.07, 6.45) is 1.30. The first-order valence-corrected chi connectivity index (χ1v) is 6.08. The van der Waals surface area contributed by atoms with Crippen molar-refractivity contribution < 1.29 is 19.4 Å². The molecule has 102 valence electrons. The molecule has 20 heavy (non-hydrogen) atoms. The highest BCUT2D eigenvalue weighted by Crippen LogP contribution is 2.18. The van der Waals surface area contributed by atoms with E-state index in [0.29, 0.717) is 17.9 Å². The maximum atomic E-state index is 11.5. The molecule has 0 radical (unpaired) electrons. The van der Waals surface area contributed by atoms with E-state index >= 15 is 0 Å². The van der Waals surface area contributed by atoms with Gasteiger partial charge in [0.2, 0.25) is 0 Å². The Morgan fingerprint density at radius 2 is 1.75 bits per heavy atom. The smallest absolute Gasteiger partial charge is 0.338 e. The molecule has 0 bridgehead atoms. The van der Waals surface area contributed by atoms with Crippen LogP contribution in [-0.4, -0.2) is 28.6 Å². The Morgan fingerprint density at radius 1 is 1.10 bits per heavy atom. The van der Waals surface area contributed by atoms with Crippen LogP contribution in [0.15, 0.2) is 42.6 Å². The van der Waals surface area contributed by atoms with Crippen LogP contribution in [0, 0.1) is 0 Å². The Labute approximate surface area is 115 Å². The van der Waals surface area contributed by atoms with Crippen LogP contribution in [-0.2, 0) is 4.74 Å². The van der Waals surface area contributed by atoms with Gasteiger partial charge < -0.3 is 9.84 Å². The van der Waals surface area contributed by atoms with Gasteiger partial charge in [0.1, 0.15) is 0 Å². The van der Waals surface area contributed by atoms with Crippen molar-refractivity contribution in [2.24, 2.45) is 0 Å². The summed E-state index contributed by atoms with van der Waals surface area (Å²) >= 11 is 0. The van der Waals surface area contributed by atoms with Crippen LogP contribution in [0.1, 0.15) is 27.6 Å². The van der Waals surface area contributed by atoms with E-state index in [1.165, 1.54) is 12.3 Å². The summed E-state index contributed by atoms with van der Waals surface area (Å²) in [4.78, 5) is 26.3. The van der Waals surface area contributed by atoms with Crippen LogP contribution in [0.4, 0.5) is 0 Å². The minimum Gasteiger partial charge on any atom is -0.478 e. The van der Waals surface area contributed by atoms with Crippen molar-refractivity contribution in [1.82, 2.24) is 4.98 Å². The first-order chi connectivity index (χ1) is 9.61. The van der Waals surface area contributed by atoms with E-state index in [1.54, 1.807) is 37.3 Å². The molecule has 0 amide bonds. The molecular weight excluding hydrogens is 258 g/mol. The van der Waals surface area contributed by atoms with E-state index in [9.17, 15) is 9.59 Å². The maximum Gasteiger partial charge on any atom is 0.338 e. The number of esters is 1. The number of ether oxygens (including phenoxy) is 1. The van der Waals surface area contributed by atoms with Gasteiger partial charge in [0.05, 0.1) is 23.4 Å². The second-order valence-corrected chi connectivity index (χ2v) is 4.04. The molecule has 5 nitrogen and oxygen atoms in total. The lowest BCUT2D eigenvalue weighted by Crippen LogP contribution is -2.04. The third kappa shape index (κ3) is 3.00. The molecule has 0 saturated heterocycles. The quantitative estimate of drug-likeness (QED) is 0.865. The average Bonchev–Trinajstić information content (AvgIpc) is 2.48. The number of carbonyl (C=O) groups excluding carboxylic acids is 1. The lowest BCUT2D eigenvalue weighted by Gasteiger charge is -2.04. The number of aromatic nitrogens is 1. The maximum absolute atomic E-state index is 11.5. The lowest BCUT2D eigenvalue weighted by molar-refractivity contribution is 0.0526. The predicted molar refractivity (Wildman–Crippen MR) is 72.6 cm³/mol. The summed E-state index contributed by atoms with van der Waals surface area (Å²) in [5.74, 6) is -1.38. The first-order valence-electron chi connectivity index (χ1n) is 6.08. The molecule has 0 aliphatic heterocycles. The third-order valence-corrected chi connectivity index (χ3v) is 2.70. The number of carbonyl (C=O) groups is 2. The van der Waals surface area contributed by atoms with Crippen LogP contribution in [0.3, 0.4) is 0 Å². The minimum absolute atomic E-state index is 0.136. The molecule has 1 aromatic heterocycles. The normalized spacial score (nSPS) is 10.1. The summed E-state index contributed by atoms with van der Waals surface area (Å²) in [5, 5.41) is 8.80. The van der Waals surface area contributed by atoms with Crippen LogP contribution in [0.5, 0.6) is 0 Å². The number of aromatic carboxylic acids is 1. The standard InChI is InChI=1S/C15H13NO4/c1-2-20-15(19)11-5-3-10(4-6-11)13-8-7-12(9-16-13)14(17)18/h3-9H,2H2,1H3,(H,17,18). The van der Waals surface area contributed by atoms with Gasteiger partial charge in [-0.05, 0) is 31.2 Å². The molecule has 0 aliphatic rings. The third-order valence-electron chi connectivity index (χ3n) is 2.70. The fraction of sp³-hybridized carbons (Fsp3) is 0.133. The number of hydrogen-bond acceptors (Lipinski definition) is 4. The fourth-order valence-electron chi connectivity index (χ4n) is 1.68. The molecule has 0 atom stereocenters. The number of pyridine rings is 1. The van der Waals surface area contributed by atoms with Crippen molar-refractivity contribution >= 4 is 11.9 Å². The summed E-state index contributed by atoms with van der Waals surface area (Å²) < 4.78 is 4.90. The molecule has 0 aliphatic carbocycles. The van der Waals surface area contributed by atoms with E-state index in [2.05, 4.69) is 4.98 Å². The molecule has 1 aromatic carbocycles. The van der Waals surface area contributed by atoms with Gasteiger partial charge in [-0.15, -0.1) is 0 Å². The highest BCUT2D eigenvalue weighted by molar-refractivity contribution is 5.90. The summed E-state index contributed by atoms with van der Waals surface area (Å²) in [7, 11) is 0. The molecule has 0 saturated carbocycles. The first kappa shape index (κ1) is 13.7. The second kappa shape index (κ2) is 5.97. The van der Waals surface area contributed by atoms with E-state index < -0.39 is 5.97 Å². The summed E-state index contributed by atoms with van der Waals surface area (Å²) in [5.41, 5.74) is 2.05. The lowest BCUT2D eigenvalue weighted by atomic mass is 10.1. The molecule has 0 spiro atoms. The van der Waals surface area contributed by atoms with Gasteiger partial charge in [0.15, 0.2) is 0 Å². The van der Waals surface area contributed by atoms with Crippen molar-refractivity contribution in [2.45, 2.75) is 6.92 Å². The molecular formula is C15H13NO4. The van der Waals surface area contributed by atoms with Crippen molar-refractivity contribution in [3.05, 3.63) is 53.7 Å². The number of carboxylic acid groups (broad SMARTS) is 1. The van der Waals surface area contributed by atoms with Gasteiger partial charge in [-0.3, -0.25) is 4.98 Å². The zero-order valence-corrected chi connectivity index (χ0v) is 10.9. The summed E-state index contributed by atoms with van der Waals surface area (Å²) in [6, 6.07) is 9.91. The van der Waals surface area contributed by atoms with Gasteiger partial charge in [0.25, 0.3) is 0 Å². The van der Waals surface area contributed by atoms with E-state index in [4.69, 9.17) is 9.84 Å². The number of carboxylic acids is 1. The highest BCUT2D eigenvalue weighted by Gasteiger charge is 2.08. The van der Waals surface area contributed by atoms with Gasteiger partial charge in [-0.25, -0.2) is 9.59 Å². The fourth-order valence-corrected chi connectivity index (χ4v) is 1.68. The zero-order valence-electron chi connectivity index (χ0n) is 10.9. The SMILES string of the molecule is CCOC(=O)c1ccc(-c2ccc(C(=O)O)cn2)cc1. The Bertz CT molecular complexity index is 617. The number of nitrogens with zero attached hydrogens (tertiary/aromatic N) is 1.